The molecular weight excluding hydrogens is 264 g/mol. The number of ether oxygens (including phenoxy) is 1. The number of esters is 2. The molecule has 2 N–H and O–H groups in total. The molecule has 0 amide bonds. The monoisotopic (exact) mass is 268 g/mol. The zero-order valence-electron chi connectivity index (χ0n) is 8.55. The van der Waals surface area contributed by atoms with Crippen LogP contribution in [-0.2, 0) is 23.9 Å². The highest BCUT2D eigenvalue weighted by Gasteiger charge is 2.44. The molecule has 1 aliphatic carbocycles. The van der Waals surface area contributed by atoms with E-state index in [2.05, 4.69) is 4.74 Å². The smallest absolute Gasteiger partial charge is 0.347 e. The van der Waals surface area contributed by atoms with E-state index in [1.54, 1.807) is 0 Å². The van der Waals surface area contributed by atoms with Crippen molar-refractivity contribution in [1.29, 1.82) is 0 Å². The second-order valence-electron chi connectivity index (χ2n) is 3.49. The lowest BCUT2D eigenvalue weighted by molar-refractivity contribution is -0.151. The quantitative estimate of drug-likeness (QED) is 0.395. The highest BCUT2D eigenvalue weighted by Crippen LogP contribution is 2.35. The minimum atomic E-state index is -1.64. The van der Waals surface area contributed by atoms with Crippen molar-refractivity contribution in [1.82, 2.24) is 0 Å². The van der Waals surface area contributed by atoms with Gasteiger partial charge < -0.3 is 14.9 Å². The Labute approximate surface area is 104 Å². The molecule has 0 aromatic carbocycles. The lowest BCUT2D eigenvalue weighted by Gasteiger charge is -2.14. The van der Waals surface area contributed by atoms with Gasteiger partial charge in [-0.25, -0.2) is 19.2 Å². The summed E-state index contributed by atoms with van der Waals surface area (Å²) in [5.41, 5.74) is -2.15. The van der Waals surface area contributed by atoms with Crippen molar-refractivity contribution in [3.63, 3.8) is 0 Å². The first kappa shape index (κ1) is 12.1. The van der Waals surface area contributed by atoms with Gasteiger partial charge in [-0.15, -0.1) is 0 Å². The van der Waals surface area contributed by atoms with E-state index >= 15 is 0 Å². The third-order valence-corrected chi connectivity index (χ3v) is 2.83. The lowest BCUT2D eigenvalue weighted by Crippen LogP contribution is -2.25. The first-order chi connectivity index (χ1) is 8.34. The molecule has 0 fully saturated rings. The molecule has 92 valence electrons. The zero-order chi connectivity index (χ0) is 13.6. The number of aliphatic carboxylic acids is 2. The molecule has 0 atom stereocenters. The Bertz CT molecular complexity index is 608. The number of carbonyl (C=O) groups is 4. The molecule has 0 aromatic heterocycles. The Hall–Kier alpha value is -2.35. The Balaban J connectivity index is 2.78. The molecule has 7 nitrogen and oxygen atoms in total. The highest BCUT2D eigenvalue weighted by atomic mass is 32.1. The largest absolute Gasteiger partial charge is 0.478 e. The van der Waals surface area contributed by atoms with Gasteiger partial charge in [-0.2, -0.15) is 0 Å². The molecule has 0 unspecified atom stereocenters. The molecule has 2 rings (SSSR count). The van der Waals surface area contributed by atoms with Gasteiger partial charge in [-0.05, 0) is 0 Å². The average Bonchev–Trinajstić information content (AvgIpc) is 2.51. The third-order valence-electron chi connectivity index (χ3n) is 2.48. The van der Waals surface area contributed by atoms with E-state index in [1.807, 2.05) is 0 Å². The van der Waals surface area contributed by atoms with Gasteiger partial charge in [0.05, 0.1) is 22.3 Å². The fourth-order valence-corrected chi connectivity index (χ4v) is 2.12. The molecule has 1 aliphatic heterocycles. The van der Waals surface area contributed by atoms with Crippen LogP contribution < -0.4 is 0 Å². The average molecular weight is 268 g/mol. The van der Waals surface area contributed by atoms with Crippen molar-refractivity contribution < 1.29 is 34.1 Å². The van der Waals surface area contributed by atoms with Crippen molar-refractivity contribution >= 4 is 41.0 Å². The normalized spacial score (nSPS) is 19.0. The van der Waals surface area contributed by atoms with Crippen LogP contribution in [0.15, 0.2) is 22.3 Å². The van der Waals surface area contributed by atoms with E-state index in [0.29, 0.717) is 0 Å². The van der Waals surface area contributed by atoms with Crippen LogP contribution in [0.3, 0.4) is 0 Å². The fourth-order valence-electron chi connectivity index (χ4n) is 1.79. The third kappa shape index (κ3) is 1.54. The number of hydrogen-bond acceptors (Lipinski definition) is 6. The maximum atomic E-state index is 11.4. The molecule has 0 spiro atoms. The maximum absolute atomic E-state index is 11.4. The summed E-state index contributed by atoms with van der Waals surface area (Å²) in [5, 5.41) is 17.9. The molecule has 0 bridgehead atoms. The number of thiocarbonyl (C=S) groups is 1. The summed E-state index contributed by atoms with van der Waals surface area (Å²) in [6, 6.07) is 0. The SMILES string of the molecule is O=C(O)C1=C(C(=O)O)C2=C(CC1=S)C(=O)OC2=O. The van der Waals surface area contributed by atoms with Crippen LogP contribution in [0.1, 0.15) is 6.42 Å². The summed E-state index contributed by atoms with van der Waals surface area (Å²) in [7, 11) is 0. The van der Waals surface area contributed by atoms with Gasteiger partial charge in [-0.1, -0.05) is 12.2 Å². The first-order valence-electron chi connectivity index (χ1n) is 4.58. The molecule has 0 saturated heterocycles. The van der Waals surface area contributed by atoms with E-state index in [-0.39, 0.29) is 16.9 Å². The summed E-state index contributed by atoms with van der Waals surface area (Å²) in [6.07, 6.45) is -0.284. The van der Waals surface area contributed by atoms with E-state index in [0.717, 1.165) is 0 Å². The van der Waals surface area contributed by atoms with Crippen LogP contribution >= 0.6 is 12.2 Å². The molecule has 18 heavy (non-hydrogen) atoms. The predicted octanol–water partition coefficient (Wildman–Crippen LogP) is -0.394. The van der Waals surface area contributed by atoms with Gasteiger partial charge in [0.2, 0.25) is 0 Å². The Morgan fingerprint density at radius 2 is 1.61 bits per heavy atom. The predicted molar refractivity (Wildman–Crippen MR) is 57.6 cm³/mol. The second-order valence-corrected chi connectivity index (χ2v) is 3.98. The van der Waals surface area contributed by atoms with Crippen LogP contribution in [0, 0.1) is 0 Å². The molecule has 0 radical (unpaired) electrons. The van der Waals surface area contributed by atoms with Crippen LogP contribution in [0.2, 0.25) is 0 Å². The van der Waals surface area contributed by atoms with Gasteiger partial charge in [0, 0.05) is 11.3 Å². The minimum Gasteiger partial charge on any atom is -0.478 e. The van der Waals surface area contributed by atoms with Crippen LogP contribution in [-0.4, -0.2) is 39.0 Å². The number of cyclic esters (lactones) is 2. The van der Waals surface area contributed by atoms with Gasteiger partial charge in [0.1, 0.15) is 0 Å². The zero-order valence-corrected chi connectivity index (χ0v) is 9.37. The maximum Gasteiger partial charge on any atom is 0.347 e. The molecule has 2 aliphatic rings. The van der Waals surface area contributed by atoms with Crippen molar-refractivity contribution in [3.05, 3.63) is 22.3 Å². The van der Waals surface area contributed by atoms with Crippen LogP contribution in [0.4, 0.5) is 0 Å². The van der Waals surface area contributed by atoms with Crippen molar-refractivity contribution in [2.75, 3.05) is 0 Å². The molecule has 0 aromatic rings. The number of carbonyl (C=O) groups excluding carboxylic acids is 2. The standard InChI is InChI=1S/C10H4O7S/c11-7(12)5-3(18)1-2-4(6(5)8(13)14)10(16)17-9(2)15/h1H2,(H,11,12)(H,13,14). The molecular formula is C10H4O7S. The number of carboxylic acid groups (broad SMARTS) is 2. The van der Waals surface area contributed by atoms with E-state index in [4.69, 9.17) is 22.4 Å². The van der Waals surface area contributed by atoms with Crippen molar-refractivity contribution in [2.45, 2.75) is 6.42 Å². The molecule has 8 heteroatoms. The van der Waals surface area contributed by atoms with Crippen molar-refractivity contribution in [2.24, 2.45) is 0 Å². The first-order valence-corrected chi connectivity index (χ1v) is 4.99. The number of carboxylic acids is 2. The number of rotatable bonds is 2. The van der Waals surface area contributed by atoms with E-state index < -0.39 is 40.6 Å². The van der Waals surface area contributed by atoms with E-state index in [9.17, 15) is 19.2 Å². The summed E-state index contributed by atoms with van der Waals surface area (Å²) < 4.78 is 4.26. The minimum absolute atomic E-state index is 0.201. The second kappa shape index (κ2) is 3.84. The number of hydrogen-bond donors (Lipinski definition) is 2. The van der Waals surface area contributed by atoms with E-state index in [1.165, 1.54) is 0 Å². The van der Waals surface area contributed by atoms with Crippen LogP contribution in [0.25, 0.3) is 0 Å². The molecule has 1 heterocycles. The van der Waals surface area contributed by atoms with Gasteiger partial charge in [0.25, 0.3) is 0 Å². The van der Waals surface area contributed by atoms with Crippen molar-refractivity contribution in [3.8, 4) is 0 Å². The molecule has 0 saturated carbocycles. The van der Waals surface area contributed by atoms with Crippen LogP contribution in [0.5, 0.6) is 0 Å². The Morgan fingerprint density at radius 3 is 2.11 bits per heavy atom. The summed E-state index contributed by atoms with van der Waals surface area (Å²) in [6.45, 7) is 0. The Morgan fingerprint density at radius 1 is 1.06 bits per heavy atom. The van der Waals surface area contributed by atoms with Gasteiger partial charge >= 0.3 is 23.9 Å². The Kier molecular flexibility index (Phi) is 2.59. The fraction of sp³-hybridized carbons (Fsp3) is 0.100. The topological polar surface area (TPSA) is 118 Å². The summed E-state index contributed by atoms with van der Waals surface area (Å²) >= 11 is 4.76. The van der Waals surface area contributed by atoms with Gasteiger partial charge in [0.15, 0.2) is 0 Å². The summed E-state index contributed by atoms with van der Waals surface area (Å²) in [5.74, 6) is -5.35. The van der Waals surface area contributed by atoms with Gasteiger partial charge in [-0.3, -0.25) is 0 Å². The summed E-state index contributed by atoms with van der Waals surface area (Å²) in [4.78, 5) is 44.5. The lowest BCUT2D eigenvalue weighted by atomic mass is 9.86. The highest BCUT2D eigenvalue weighted by molar-refractivity contribution is 7.81.